The van der Waals surface area contributed by atoms with Gasteiger partial charge in [0.15, 0.2) is 5.82 Å². The summed E-state index contributed by atoms with van der Waals surface area (Å²) in [6.07, 6.45) is 0. The summed E-state index contributed by atoms with van der Waals surface area (Å²) in [5.74, 6) is 1.84. The van der Waals surface area contributed by atoms with Gasteiger partial charge in [0.1, 0.15) is 5.82 Å². The quantitative estimate of drug-likeness (QED) is 0.658. The molecule has 1 aromatic carbocycles. The maximum absolute atomic E-state index is 4.10. The molecule has 0 saturated carbocycles. The summed E-state index contributed by atoms with van der Waals surface area (Å²) in [6, 6.07) is 10.1. The predicted octanol–water partition coefficient (Wildman–Crippen LogP) is 1.79. The van der Waals surface area contributed by atoms with Crippen LogP contribution in [0, 0.1) is 6.92 Å². The number of hydrogen-bond acceptors (Lipinski definition) is 2. The summed E-state index contributed by atoms with van der Waals surface area (Å²) in [4.78, 5) is 0. The summed E-state index contributed by atoms with van der Waals surface area (Å²) in [6.45, 7) is 1.94. The van der Waals surface area contributed by atoms with Gasteiger partial charge in [0.25, 0.3) is 0 Å². The second-order valence-corrected chi connectivity index (χ2v) is 3.00. The van der Waals surface area contributed by atoms with E-state index in [1.807, 2.05) is 48.9 Å². The van der Waals surface area contributed by atoms with Crippen LogP contribution in [0.25, 0.3) is 11.4 Å². The van der Waals surface area contributed by atoms with E-state index < -0.39 is 0 Å². The maximum atomic E-state index is 4.10. The molecule has 0 atom stereocenters. The highest BCUT2D eigenvalue weighted by Gasteiger charge is 2.05. The van der Waals surface area contributed by atoms with Gasteiger partial charge in [-0.3, -0.25) is 0 Å². The average Bonchev–Trinajstić information content (AvgIpc) is 2.49. The second kappa shape index (κ2) is 3.01. The van der Waals surface area contributed by atoms with E-state index in [1.54, 1.807) is 0 Å². The minimum absolute atomic E-state index is 0.915. The normalized spacial score (nSPS) is 10.3. The Labute approximate surface area is 77.0 Å². The van der Waals surface area contributed by atoms with Crippen LogP contribution in [0.1, 0.15) is 5.82 Å². The summed E-state index contributed by atoms with van der Waals surface area (Å²) < 4.78 is 1.98. The average molecular weight is 173 g/mol. The zero-order chi connectivity index (χ0) is 9.26. The fraction of sp³-hybridized carbons (Fsp3) is 0.200. The van der Waals surface area contributed by atoms with E-state index in [9.17, 15) is 0 Å². The molecule has 0 aliphatic heterocycles. The van der Waals surface area contributed by atoms with E-state index >= 15 is 0 Å². The molecule has 0 aliphatic carbocycles. The van der Waals surface area contributed by atoms with E-state index in [0.717, 1.165) is 17.2 Å². The van der Waals surface area contributed by atoms with Gasteiger partial charge in [-0.15, -0.1) is 10.2 Å². The number of benzene rings is 1. The molecule has 0 aliphatic rings. The number of hydrogen-bond donors (Lipinski definition) is 0. The molecule has 1 aromatic heterocycles. The lowest BCUT2D eigenvalue weighted by molar-refractivity contribution is 0.865. The first-order chi connectivity index (χ1) is 6.29. The van der Waals surface area contributed by atoms with Crippen LogP contribution in [-0.4, -0.2) is 14.8 Å². The standard InChI is InChI=1S/C10H11N3/c1-8-11-12-10(13(8)2)9-6-4-3-5-7-9/h3-7H,1-2H3. The molecule has 0 saturated heterocycles. The lowest BCUT2D eigenvalue weighted by atomic mass is 10.2. The van der Waals surface area contributed by atoms with Crippen LogP contribution in [0.15, 0.2) is 30.3 Å². The second-order valence-electron chi connectivity index (χ2n) is 3.00. The highest BCUT2D eigenvalue weighted by Crippen LogP contribution is 2.15. The van der Waals surface area contributed by atoms with Crippen molar-refractivity contribution >= 4 is 0 Å². The van der Waals surface area contributed by atoms with Crippen molar-refractivity contribution in [3.05, 3.63) is 36.2 Å². The van der Waals surface area contributed by atoms with E-state index in [2.05, 4.69) is 10.2 Å². The molecule has 0 fully saturated rings. The monoisotopic (exact) mass is 173 g/mol. The number of aryl methyl sites for hydroxylation is 1. The molecule has 3 heteroatoms. The van der Waals surface area contributed by atoms with Gasteiger partial charge in [0.2, 0.25) is 0 Å². The van der Waals surface area contributed by atoms with Gasteiger partial charge >= 0.3 is 0 Å². The van der Waals surface area contributed by atoms with E-state index in [-0.39, 0.29) is 0 Å². The molecule has 0 bridgehead atoms. The van der Waals surface area contributed by atoms with Crippen molar-refractivity contribution < 1.29 is 0 Å². The van der Waals surface area contributed by atoms with Crippen molar-refractivity contribution in [2.75, 3.05) is 0 Å². The number of nitrogens with zero attached hydrogens (tertiary/aromatic N) is 3. The summed E-state index contributed by atoms with van der Waals surface area (Å²) in [7, 11) is 1.97. The van der Waals surface area contributed by atoms with Crippen molar-refractivity contribution in [1.82, 2.24) is 14.8 Å². The topological polar surface area (TPSA) is 30.7 Å². The van der Waals surface area contributed by atoms with Crippen LogP contribution in [0.4, 0.5) is 0 Å². The Bertz CT molecular complexity index is 403. The molecule has 2 aromatic rings. The number of aromatic nitrogens is 3. The lowest BCUT2D eigenvalue weighted by Crippen LogP contribution is -1.94. The molecule has 0 amide bonds. The Kier molecular flexibility index (Phi) is 1.85. The van der Waals surface area contributed by atoms with Gasteiger partial charge in [0.05, 0.1) is 0 Å². The molecule has 1 heterocycles. The third kappa shape index (κ3) is 1.33. The highest BCUT2D eigenvalue weighted by atomic mass is 15.3. The Morgan fingerprint density at radius 2 is 1.77 bits per heavy atom. The first kappa shape index (κ1) is 7.98. The van der Waals surface area contributed by atoms with Crippen molar-refractivity contribution in [1.29, 1.82) is 0 Å². The zero-order valence-corrected chi connectivity index (χ0v) is 7.73. The summed E-state index contributed by atoms with van der Waals surface area (Å²) >= 11 is 0. The molecule has 66 valence electrons. The number of rotatable bonds is 1. The van der Waals surface area contributed by atoms with Crippen molar-refractivity contribution in [2.24, 2.45) is 7.05 Å². The minimum Gasteiger partial charge on any atom is -0.314 e. The van der Waals surface area contributed by atoms with Crippen LogP contribution in [0.2, 0.25) is 0 Å². The molecule has 13 heavy (non-hydrogen) atoms. The molecule has 3 nitrogen and oxygen atoms in total. The smallest absolute Gasteiger partial charge is 0.163 e. The maximum Gasteiger partial charge on any atom is 0.163 e. The third-order valence-corrected chi connectivity index (χ3v) is 2.12. The molecule has 0 spiro atoms. The highest BCUT2D eigenvalue weighted by molar-refractivity contribution is 5.54. The molecule has 2 rings (SSSR count). The van der Waals surface area contributed by atoms with Crippen LogP contribution in [0.3, 0.4) is 0 Å². The molecule has 0 N–H and O–H groups in total. The first-order valence-corrected chi connectivity index (χ1v) is 4.20. The van der Waals surface area contributed by atoms with E-state index in [0.29, 0.717) is 0 Å². The van der Waals surface area contributed by atoms with Crippen LogP contribution in [-0.2, 0) is 7.05 Å². The fourth-order valence-electron chi connectivity index (χ4n) is 1.25. The zero-order valence-electron chi connectivity index (χ0n) is 7.73. The predicted molar refractivity (Wildman–Crippen MR) is 51.2 cm³/mol. The molecular weight excluding hydrogens is 162 g/mol. The largest absolute Gasteiger partial charge is 0.314 e. The van der Waals surface area contributed by atoms with Gasteiger partial charge < -0.3 is 4.57 Å². The van der Waals surface area contributed by atoms with Crippen molar-refractivity contribution in [3.63, 3.8) is 0 Å². The Hall–Kier alpha value is -1.64. The van der Waals surface area contributed by atoms with Gasteiger partial charge in [0, 0.05) is 12.6 Å². The van der Waals surface area contributed by atoms with Crippen LogP contribution < -0.4 is 0 Å². The molecule has 0 unspecified atom stereocenters. The fourth-order valence-corrected chi connectivity index (χ4v) is 1.25. The van der Waals surface area contributed by atoms with E-state index in [1.165, 1.54) is 0 Å². The molecule has 0 radical (unpaired) electrons. The third-order valence-electron chi connectivity index (χ3n) is 2.12. The van der Waals surface area contributed by atoms with Gasteiger partial charge in [-0.1, -0.05) is 30.3 Å². The van der Waals surface area contributed by atoms with Crippen molar-refractivity contribution in [3.8, 4) is 11.4 Å². The van der Waals surface area contributed by atoms with Gasteiger partial charge in [-0.05, 0) is 6.92 Å². The summed E-state index contributed by atoms with van der Waals surface area (Å²) in [5, 5.41) is 8.10. The lowest BCUT2D eigenvalue weighted by Gasteiger charge is -2.00. The van der Waals surface area contributed by atoms with E-state index in [4.69, 9.17) is 0 Å². The Balaban J connectivity index is 2.53. The minimum atomic E-state index is 0.915. The van der Waals surface area contributed by atoms with Gasteiger partial charge in [-0.25, -0.2) is 0 Å². The van der Waals surface area contributed by atoms with Gasteiger partial charge in [-0.2, -0.15) is 0 Å². The first-order valence-electron chi connectivity index (χ1n) is 4.20. The Morgan fingerprint density at radius 1 is 1.08 bits per heavy atom. The van der Waals surface area contributed by atoms with Crippen LogP contribution >= 0.6 is 0 Å². The Morgan fingerprint density at radius 3 is 2.31 bits per heavy atom. The van der Waals surface area contributed by atoms with Crippen LogP contribution in [0.5, 0.6) is 0 Å². The SMILES string of the molecule is Cc1nnc(-c2ccccc2)n1C. The molecular formula is C10H11N3. The summed E-state index contributed by atoms with van der Waals surface area (Å²) in [5.41, 5.74) is 1.10. The van der Waals surface area contributed by atoms with Crippen molar-refractivity contribution in [2.45, 2.75) is 6.92 Å².